The Labute approximate surface area is 155 Å². The van der Waals surface area contributed by atoms with Gasteiger partial charge in [-0.15, -0.1) is 0 Å². The van der Waals surface area contributed by atoms with Crippen LogP contribution in [0.25, 0.3) is 0 Å². The van der Waals surface area contributed by atoms with Gasteiger partial charge in [0.2, 0.25) is 5.95 Å². The summed E-state index contributed by atoms with van der Waals surface area (Å²) in [4.78, 5) is 27.9. The Morgan fingerprint density at radius 2 is 2.22 bits per heavy atom. The average Bonchev–Trinajstić information content (AvgIpc) is 3.13. The molecule has 9 nitrogen and oxygen atoms in total. The van der Waals surface area contributed by atoms with Gasteiger partial charge in [-0.2, -0.15) is 10.1 Å². The molecule has 0 saturated carbocycles. The molecule has 2 heterocycles. The van der Waals surface area contributed by atoms with Crippen molar-refractivity contribution < 1.29 is 19.1 Å². The van der Waals surface area contributed by atoms with E-state index >= 15 is 0 Å². The second kappa shape index (κ2) is 6.75. The van der Waals surface area contributed by atoms with Crippen molar-refractivity contribution in [2.24, 2.45) is 5.73 Å². The third-order valence-electron chi connectivity index (χ3n) is 4.68. The first-order valence-corrected chi connectivity index (χ1v) is 8.60. The number of primary amides is 1. The van der Waals surface area contributed by atoms with E-state index in [1.807, 2.05) is 6.07 Å². The average molecular weight is 369 g/mol. The third-order valence-corrected chi connectivity index (χ3v) is 4.68. The van der Waals surface area contributed by atoms with E-state index in [4.69, 9.17) is 15.2 Å². The Kier molecular flexibility index (Phi) is 4.27. The Morgan fingerprint density at radius 3 is 3.00 bits per heavy atom. The number of hydrogen-bond donors (Lipinski definition) is 2. The van der Waals surface area contributed by atoms with E-state index in [0.29, 0.717) is 29.4 Å². The monoisotopic (exact) mass is 369 g/mol. The first-order chi connectivity index (χ1) is 13.1. The second-order valence-electron chi connectivity index (χ2n) is 6.39. The number of fused-ring (bicyclic) bond motifs is 1. The topological polar surface area (TPSA) is 121 Å². The molecule has 1 unspecified atom stereocenters. The highest BCUT2D eigenvalue weighted by Gasteiger charge is 2.36. The molecular weight excluding hydrogens is 350 g/mol. The maximum absolute atomic E-state index is 12.7. The number of nitrogens with one attached hydrogen (secondary N) is 1. The summed E-state index contributed by atoms with van der Waals surface area (Å²) in [7, 11) is 1.51. The Hall–Kier alpha value is -3.36. The third kappa shape index (κ3) is 3.01. The minimum absolute atomic E-state index is 0.0999. The van der Waals surface area contributed by atoms with Crippen molar-refractivity contribution in [2.75, 3.05) is 19.0 Å². The molecule has 1 aliphatic carbocycles. The molecule has 27 heavy (non-hydrogen) atoms. The lowest BCUT2D eigenvalue weighted by Gasteiger charge is -2.32. The van der Waals surface area contributed by atoms with E-state index in [-0.39, 0.29) is 12.4 Å². The molecule has 4 rings (SSSR count). The molecule has 0 bridgehead atoms. The van der Waals surface area contributed by atoms with Gasteiger partial charge in [0.25, 0.3) is 5.91 Å². The Bertz CT molecular complexity index is 949. The molecule has 1 aromatic carbocycles. The van der Waals surface area contributed by atoms with Gasteiger partial charge in [-0.3, -0.25) is 9.59 Å². The molecule has 9 heteroatoms. The molecule has 1 amide bonds. The minimum Gasteiger partial charge on any atom is -0.493 e. The number of aromatic nitrogens is 3. The van der Waals surface area contributed by atoms with E-state index in [1.54, 1.807) is 16.8 Å². The molecule has 3 N–H and O–H groups in total. The van der Waals surface area contributed by atoms with Gasteiger partial charge in [-0.05, 0) is 30.5 Å². The van der Waals surface area contributed by atoms with Crippen molar-refractivity contribution in [3.05, 3.63) is 41.4 Å². The van der Waals surface area contributed by atoms with Crippen molar-refractivity contribution in [2.45, 2.75) is 25.3 Å². The fourth-order valence-electron chi connectivity index (χ4n) is 3.53. The highest BCUT2D eigenvalue weighted by atomic mass is 16.5. The van der Waals surface area contributed by atoms with Gasteiger partial charge >= 0.3 is 0 Å². The van der Waals surface area contributed by atoms with Gasteiger partial charge < -0.3 is 20.5 Å². The molecular formula is C18H19N5O4. The standard InChI is InChI=1S/C18H19N5O4/c1-26-14-7-10(5-6-13(14)27-8-15(19)25)17-16-11(3-2-4-12(16)24)22-18-20-9-21-23(17)18/h5-7,9,17H,2-4,8H2,1H3,(H2,19,25)(H,20,21,22). The number of hydrogen-bond acceptors (Lipinski definition) is 7. The number of rotatable bonds is 5. The minimum atomic E-state index is -0.575. The van der Waals surface area contributed by atoms with Crippen LogP contribution in [0, 0.1) is 0 Å². The number of Topliss-reactive ketones (excluding diaryl/α,β-unsaturated/α-hetero) is 1. The maximum atomic E-state index is 12.7. The number of ketones is 1. The zero-order valence-electron chi connectivity index (χ0n) is 14.8. The first-order valence-electron chi connectivity index (χ1n) is 8.60. The Morgan fingerprint density at radius 1 is 1.37 bits per heavy atom. The van der Waals surface area contributed by atoms with Crippen LogP contribution in [0.4, 0.5) is 5.95 Å². The van der Waals surface area contributed by atoms with Gasteiger partial charge in [-0.25, -0.2) is 4.68 Å². The molecule has 0 radical (unpaired) electrons. The van der Waals surface area contributed by atoms with Gasteiger partial charge in [0, 0.05) is 17.7 Å². The van der Waals surface area contributed by atoms with E-state index in [1.165, 1.54) is 13.4 Å². The number of nitrogens with two attached hydrogens (primary N) is 1. The number of methoxy groups -OCH3 is 1. The summed E-state index contributed by atoms with van der Waals surface area (Å²) < 4.78 is 12.5. The summed E-state index contributed by atoms with van der Waals surface area (Å²) in [5, 5.41) is 7.52. The van der Waals surface area contributed by atoms with Crippen LogP contribution in [0.2, 0.25) is 0 Å². The normalized spacial score (nSPS) is 18.4. The van der Waals surface area contributed by atoms with Crippen LogP contribution in [0.5, 0.6) is 11.5 Å². The summed E-state index contributed by atoms with van der Waals surface area (Å²) in [6.07, 6.45) is 3.58. The molecule has 1 aromatic heterocycles. The number of allylic oxidation sites excluding steroid dienone is 2. The van der Waals surface area contributed by atoms with Crippen molar-refractivity contribution >= 4 is 17.6 Å². The summed E-state index contributed by atoms with van der Waals surface area (Å²) in [5.41, 5.74) is 7.54. The highest BCUT2D eigenvalue weighted by molar-refractivity contribution is 5.99. The molecule has 1 atom stereocenters. The van der Waals surface area contributed by atoms with Crippen molar-refractivity contribution in [1.29, 1.82) is 0 Å². The van der Waals surface area contributed by atoms with Crippen LogP contribution in [-0.2, 0) is 9.59 Å². The zero-order chi connectivity index (χ0) is 19.0. The smallest absolute Gasteiger partial charge is 0.255 e. The van der Waals surface area contributed by atoms with Crippen LogP contribution in [0.3, 0.4) is 0 Å². The predicted octanol–water partition coefficient (Wildman–Crippen LogP) is 1.17. The maximum Gasteiger partial charge on any atom is 0.255 e. The van der Waals surface area contributed by atoms with Gasteiger partial charge in [0.15, 0.2) is 23.9 Å². The quantitative estimate of drug-likeness (QED) is 0.811. The number of carbonyl (C=O) groups is 2. The second-order valence-corrected chi connectivity index (χ2v) is 6.39. The number of carbonyl (C=O) groups excluding carboxylic acids is 2. The summed E-state index contributed by atoms with van der Waals surface area (Å²) >= 11 is 0. The summed E-state index contributed by atoms with van der Waals surface area (Å²) in [6, 6.07) is 4.91. The van der Waals surface area contributed by atoms with Gasteiger partial charge in [0.1, 0.15) is 12.4 Å². The number of ether oxygens (including phenoxy) is 2. The fourth-order valence-corrected chi connectivity index (χ4v) is 3.53. The first kappa shape index (κ1) is 17.1. The molecule has 1 aliphatic heterocycles. The fraction of sp³-hybridized carbons (Fsp3) is 0.333. The predicted molar refractivity (Wildman–Crippen MR) is 95.4 cm³/mol. The number of nitrogens with zero attached hydrogens (tertiary/aromatic N) is 3. The lowest BCUT2D eigenvalue weighted by atomic mass is 9.85. The lowest BCUT2D eigenvalue weighted by molar-refractivity contribution is -0.120. The van der Waals surface area contributed by atoms with E-state index in [2.05, 4.69) is 15.4 Å². The van der Waals surface area contributed by atoms with E-state index in [0.717, 1.165) is 24.1 Å². The SMILES string of the molecule is COc1cc(C2C3=C(CCCC3=O)Nc3ncnn32)ccc1OCC(N)=O. The van der Waals surface area contributed by atoms with Gasteiger partial charge in [0.05, 0.1) is 7.11 Å². The highest BCUT2D eigenvalue weighted by Crippen LogP contribution is 2.41. The van der Waals surface area contributed by atoms with Crippen LogP contribution < -0.4 is 20.5 Å². The summed E-state index contributed by atoms with van der Waals surface area (Å²) in [6.45, 7) is -0.246. The number of amides is 1. The molecule has 0 spiro atoms. The molecule has 0 saturated heterocycles. The zero-order valence-corrected chi connectivity index (χ0v) is 14.8. The van der Waals surface area contributed by atoms with Crippen molar-refractivity contribution in [3.8, 4) is 11.5 Å². The van der Waals surface area contributed by atoms with Crippen LogP contribution >= 0.6 is 0 Å². The van der Waals surface area contributed by atoms with E-state index in [9.17, 15) is 9.59 Å². The number of benzene rings is 1. The Balaban J connectivity index is 1.78. The molecule has 2 aromatic rings. The van der Waals surface area contributed by atoms with Crippen molar-refractivity contribution in [1.82, 2.24) is 14.8 Å². The van der Waals surface area contributed by atoms with Crippen LogP contribution in [0.1, 0.15) is 30.9 Å². The molecule has 140 valence electrons. The van der Waals surface area contributed by atoms with E-state index < -0.39 is 11.9 Å². The number of anilines is 1. The largest absolute Gasteiger partial charge is 0.493 e. The molecule has 2 aliphatic rings. The lowest BCUT2D eigenvalue weighted by Crippen LogP contribution is -2.31. The van der Waals surface area contributed by atoms with Crippen LogP contribution in [-0.4, -0.2) is 40.2 Å². The molecule has 0 fully saturated rings. The summed E-state index contributed by atoms with van der Waals surface area (Å²) in [5.74, 6) is 0.968. The van der Waals surface area contributed by atoms with Crippen LogP contribution in [0.15, 0.2) is 35.8 Å². The van der Waals surface area contributed by atoms with Gasteiger partial charge in [-0.1, -0.05) is 6.07 Å². The van der Waals surface area contributed by atoms with Crippen molar-refractivity contribution in [3.63, 3.8) is 0 Å².